The highest BCUT2D eigenvalue weighted by Gasteiger charge is 2.33. The van der Waals surface area contributed by atoms with E-state index in [1.165, 1.54) is 16.2 Å². The average Bonchev–Trinajstić information content (AvgIpc) is 2.70. The number of thioether (sulfide) groups is 1. The second kappa shape index (κ2) is 2.46. The minimum Gasteiger partial charge on any atom is -0.327 e. The zero-order chi connectivity index (χ0) is 8.84. The zero-order valence-corrected chi connectivity index (χ0v) is 7.98. The predicted molar refractivity (Wildman–Crippen MR) is 52.8 cm³/mol. The first-order valence-electron chi connectivity index (χ1n) is 4.14. The predicted octanol–water partition coefficient (Wildman–Crippen LogP) is 0.226. The van der Waals surface area contributed by atoms with Gasteiger partial charge in [0, 0.05) is 35.3 Å². The van der Waals surface area contributed by atoms with Gasteiger partial charge in [-0.05, 0) is 0 Å². The van der Waals surface area contributed by atoms with Gasteiger partial charge in [0.15, 0.2) is 0 Å². The van der Waals surface area contributed by atoms with Crippen LogP contribution >= 0.6 is 11.8 Å². The summed E-state index contributed by atoms with van der Waals surface area (Å²) < 4.78 is 0. The van der Waals surface area contributed by atoms with Crippen LogP contribution in [-0.2, 0) is 0 Å². The standard InChI is InChI=1S/C8H10N4S/c1-12-6-4-13-7-3-9-11-8(7)5(6)2-10-12/h2-4,8-11H,1H3. The van der Waals surface area contributed by atoms with Crippen LogP contribution in [0.5, 0.6) is 0 Å². The molecule has 4 nitrogen and oxygen atoms in total. The van der Waals surface area contributed by atoms with Gasteiger partial charge < -0.3 is 10.9 Å². The van der Waals surface area contributed by atoms with Crippen molar-refractivity contribution in [1.82, 2.24) is 21.3 Å². The van der Waals surface area contributed by atoms with Crippen LogP contribution in [0.15, 0.2) is 34.0 Å². The molecule has 0 aliphatic carbocycles. The van der Waals surface area contributed by atoms with Crippen LogP contribution in [-0.4, -0.2) is 18.1 Å². The van der Waals surface area contributed by atoms with E-state index >= 15 is 0 Å². The summed E-state index contributed by atoms with van der Waals surface area (Å²) in [5.74, 6) is 0. The highest BCUT2D eigenvalue weighted by atomic mass is 32.2. The molecule has 0 aromatic carbocycles. The lowest BCUT2D eigenvalue weighted by molar-refractivity contribution is 0.382. The Kier molecular flexibility index (Phi) is 1.39. The van der Waals surface area contributed by atoms with Gasteiger partial charge in [0.25, 0.3) is 0 Å². The van der Waals surface area contributed by atoms with Crippen molar-refractivity contribution >= 4 is 11.8 Å². The largest absolute Gasteiger partial charge is 0.327 e. The summed E-state index contributed by atoms with van der Waals surface area (Å²) in [6.45, 7) is 0. The maximum absolute atomic E-state index is 3.21. The van der Waals surface area contributed by atoms with Crippen molar-refractivity contribution in [3.63, 3.8) is 0 Å². The Labute approximate surface area is 80.7 Å². The van der Waals surface area contributed by atoms with E-state index in [0.717, 1.165) is 0 Å². The summed E-state index contributed by atoms with van der Waals surface area (Å²) in [6, 6.07) is 0.322. The van der Waals surface area contributed by atoms with Crippen molar-refractivity contribution in [2.24, 2.45) is 0 Å². The molecule has 0 saturated carbocycles. The van der Waals surface area contributed by atoms with Gasteiger partial charge in [0.2, 0.25) is 0 Å². The summed E-state index contributed by atoms with van der Waals surface area (Å²) >= 11 is 1.77. The third kappa shape index (κ3) is 0.911. The van der Waals surface area contributed by atoms with Gasteiger partial charge in [-0.3, -0.25) is 5.01 Å². The lowest BCUT2D eigenvalue weighted by Gasteiger charge is -2.23. The second-order valence-corrected chi connectivity index (χ2v) is 4.12. The minimum atomic E-state index is 0.322. The van der Waals surface area contributed by atoms with Crippen molar-refractivity contribution in [3.05, 3.63) is 34.0 Å². The third-order valence-electron chi connectivity index (χ3n) is 2.42. The molecule has 0 aromatic heterocycles. The molecular formula is C8H10N4S. The molecule has 0 fully saturated rings. The lowest BCUT2D eigenvalue weighted by Crippen LogP contribution is -2.35. The number of hydrogen-bond donors (Lipinski definition) is 3. The maximum Gasteiger partial charge on any atom is 0.0872 e. The number of hydrazine groups is 2. The van der Waals surface area contributed by atoms with E-state index < -0.39 is 0 Å². The number of nitrogens with one attached hydrogen (secondary N) is 3. The second-order valence-electron chi connectivity index (χ2n) is 3.18. The first-order chi connectivity index (χ1) is 6.36. The van der Waals surface area contributed by atoms with Gasteiger partial charge in [-0.2, -0.15) is 0 Å². The summed E-state index contributed by atoms with van der Waals surface area (Å²) in [7, 11) is 2.02. The van der Waals surface area contributed by atoms with Crippen molar-refractivity contribution in [3.8, 4) is 0 Å². The van der Waals surface area contributed by atoms with E-state index in [2.05, 4.69) is 21.7 Å². The smallest absolute Gasteiger partial charge is 0.0872 e. The van der Waals surface area contributed by atoms with Gasteiger partial charge >= 0.3 is 0 Å². The average molecular weight is 194 g/mol. The first-order valence-corrected chi connectivity index (χ1v) is 5.02. The summed E-state index contributed by atoms with van der Waals surface area (Å²) in [6.07, 6.45) is 4.06. The molecule has 68 valence electrons. The van der Waals surface area contributed by atoms with E-state index in [1.54, 1.807) is 11.8 Å². The summed E-state index contributed by atoms with van der Waals surface area (Å²) in [4.78, 5) is 1.33. The van der Waals surface area contributed by atoms with Crippen molar-refractivity contribution < 1.29 is 0 Å². The van der Waals surface area contributed by atoms with Crippen LogP contribution in [0.4, 0.5) is 0 Å². The third-order valence-corrected chi connectivity index (χ3v) is 3.38. The Bertz CT molecular complexity index is 344. The molecule has 0 saturated heterocycles. The van der Waals surface area contributed by atoms with E-state index in [0.29, 0.717) is 6.04 Å². The van der Waals surface area contributed by atoms with Crippen LogP contribution in [0.25, 0.3) is 0 Å². The van der Waals surface area contributed by atoms with Crippen molar-refractivity contribution in [2.75, 3.05) is 7.05 Å². The summed E-state index contributed by atoms with van der Waals surface area (Å²) in [5, 5.41) is 4.20. The Morgan fingerprint density at radius 3 is 3.31 bits per heavy atom. The number of rotatable bonds is 0. The fourth-order valence-electron chi connectivity index (χ4n) is 1.69. The van der Waals surface area contributed by atoms with Gasteiger partial charge in [0.05, 0.1) is 11.7 Å². The fourth-order valence-corrected chi connectivity index (χ4v) is 2.68. The number of hydrogen-bond acceptors (Lipinski definition) is 5. The quantitative estimate of drug-likeness (QED) is 0.515. The van der Waals surface area contributed by atoms with Crippen molar-refractivity contribution in [1.29, 1.82) is 0 Å². The Balaban J connectivity index is 2.04. The maximum atomic E-state index is 3.21. The first kappa shape index (κ1) is 7.34. The van der Waals surface area contributed by atoms with E-state index in [9.17, 15) is 0 Å². The molecular weight excluding hydrogens is 184 g/mol. The Hall–Kier alpha value is -1.07. The summed E-state index contributed by atoms with van der Waals surface area (Å²) in [5.41, 5.74) is 12.0. The van der Waals surface area contributed by atoms with E-state index in [4.69, 9.17) is 0 Å². The zero-order valence-electron chi connectivity index (χ0n) is 7.16. The molecule has 3 aliphatic rings. The van der Waals surface area contributed by atoms with Crippen LogP contribution in [0.1, 0.15) is 0 Å². The topological polar surface area (TPSA) is 39.3 Å². The molecule has 13 heavy (non-hydrogen) atoms. The molecule has 0 aromatic rings. The van der Waals surface area contributed by atoms with Gasteiger partial charge in [-0.1, -0.05) is 11.8 Å². The molecule has 5 heteroatoms. The van der Waals surface area contributed by atoms with E-state index in [1.807, 2.05) is 24.5 Å². The van der Waals surface area contributed by atoms with E-state index in [-0.39, 0.29) is 0 Å². The molecule has 3 heterocycles. The highest BCUT2D eigenvalue weighted by molar-refractivity contribution is 8.06. The normalized spacial score (nSPS) is 29.5. The number of likely N-dealkylation sites (N-methyl/N-ethyl adjacent to an activating group) is 1. The van der Waals surface area contributed by atoms with Gasteiger partial charge in [-0.25, -0.2) is 5.43 Å². The van der Waals surface area contributed by atoms with Gasteiger partial charge in [0.1, 0.15) is 0 Å². The fraction of sp³-hybridized carbons (Fsp3) is 0.250. The Morgan fingerprint density at radius 2 is 2.38 bits per heavy atom. The molecule has 1 unspecified atom stereocenters. The van der Waals surface area contributed by atoms with Crippen LogP contribution in [0.3, 0.4) is 0 Å². The molecule has 3 N–H and O–H groups in total. The minimum absolute atomic E-state index is 0.322. The number of nitrogens with zero attached hydrogens (tertiary/aromatic N) is 1. The van der Waals surface area contributed by atoms with Gasteiger partial charge in [-0.15, -0.1) is 0 Å². The molecule has 0 bridgehead atoms. The molecule has 0 spiro atoms. The van der Waals surface area contributed by atoms with Crippen molar-refractivity contribution in [2.45, 2.75) is 6.04 Å². The molecule has 0 amide bonds. The molecule has 0 radical (unpaired) electrons. The highest BCUT2D eigenvalue weighted by Crippen LogP contribution is 2.38. The molecule has 1 atom stereocenters. The monoisotopic (exact) mass is 194 g/mol. The Morgan fingerprint density at radius 1 is 1.46 bits per heavy atom. The SMILES string of the molecule is CN1NC=C2C1=CSC1=CNNC12. The number of fused-ring (bicyclic) bond motifs is 3. The lowest BCUT2D eigenvalue weighted by atomic mass is 10.1. The molecule has 3 aliphatic heterocycles. The van der Waals surface area contributed by atoms with Crippen LogP contribution < -0.4 is 16.3 Å². The van der Waals surface area contributed by atoms with Crippen LogP contribution in [0, 0.1) is 0 Å². The molecule has 3 rings (SSSR count). The van der Waals surface area contributed by atoms with Crippen LogP contribution in [0.2, 0.25) is 0 Å².